The Kier molecular flexibility index (Phi) is 7.25. The Labute approximate surface area is 119 Å². The molecule has 0 unspecified atom stereocenters. The molecule has 6 nitrogen and oxygen atoms in total. The predicted molar refractivity (Wildman–Crippen MR) is 74.2 cm³/mol. The van der Waals surface area contributed by atoms with Crippen LogP contribution in [0.3, 0.4) is 0 Å². The molecule has 1 aromatic rings. The third-order valence-electron chi connectivity index (χ3n) is 2.61. The number of hydrogen-bond acceptors (Lipinski definition) is 6. The van der Waals surface area contributed by atoms with Gasteiger partial charge in [-0.25, -0.2) is 0 Å². The molecule has 1 aromatic carbocycles. The van der Waals surface area contributed by atoms with Gasteiger partial charge >= 0.3 is 0 Å². The van der Waals surface area contributed by atoms with E-state index in [2.05, 4.69) is 5.32 Å². The molecule has 0 atom stereocenters. The van der Waals surface area contributed by atoms with Crippen molar-refractivity contribution in [2.45, 2.75) is 6.54 Å². The fourth-order valence-corrected chi connectivity index (χ4v) is 1.69. The molecular formula is C14H20N2O4. The summed E-state index contributed by atoms with van der Waals surface area (Å²) in [6.07, 6.45) is 0. The SMILES string of the molecule is COCCNCc1cc(OC)c(OCC#N)c(OC)c1. The molecule has 0 fully saturated rings. The van der Waals surface area contributed by atoms with Gasteiger partial charge in [0.05, 0.1) is 20.8 Å². The second kappa shape index (κ2) is 9.02. The van der Waals surface area contributed by atoms with Crippen LogP contribution >= 0.6 is 0 Å². The number of nitriles is 1. The highest BCUT2D eigenvalue weighted by atomic mass is 16.5. The van der Waals surface area contributed by atoms with E-state index in [0.29, 0.717) is 30.4 Å². The van der Waals surface area contributed by atoms with Gasteiger partial charge in [0.25, 0.3) is 0 Å². The molecule has 110 valence electrons. The van der Waals surface area contributed by atoms with Gasteiger partial charge < -0.3 is 24.3 Å². The fourth-order valence-electron chi connectivity index (χ4n) is 1.69. The van der Waals surface area contributed by atoms with Crippen molar-refractivity contribution in [3.05, 3.63) is 17.7 Å². The van der Waals surface area contributed by atoms with Crippen molar-refractivity contribution < 1.29 is 18.9 Å². The summed E-state index contributed by atoms with van der Waals surface area (Å²) in [4.78, 5) is 0. The van der Waals surface area contributed by atoms with Crippen molar-refractivity contribution in [1.29, 1.82) is 5.26 Å². The first-order valence-corrected chi connectivity index (χ1v) is 6.21. The van der Waals surface area contributed by atoms with Crippen molar-refractivity contribution in [2.75, 3.05) is 41.1 Å². The second-order valence-electron chi connectivity index (χ2n) is 3.95. The molecular weight excluding hydrogens is 260 g/mol. The number of nitrogens with zero attached hydrogens (tertiary/aromatic N) is 1. The van der Waals surface area contributed by atoms with E-state index in [1.165, 1.54) is 0 Å². The van der Waals surface area contributed by atoms with Crippen LogP contribution in [0.5, 0.6) is 17.2 Å². The van der Waals surface area contributed by atoms with Crippen LogP contribution in [0.25, 0.3) is 0 Å². The first kappa shape index (κ1) is 16.1. The third-order valence-corrected chi connectivity index (χ3v) is 2.61. The molecule has 6 heteroatoms. The van der Waals surface area contributed by atoms with Crippen LogP contribution in [0.4, 0.5) is 0 Å². The highest BCUT2D eigenvalue weighted by molar-refractivity contribution is 5.54. The molecule has 0 radical (unpaired) electrons. The Hall–Kier alpha value is -1.97. The van der Waals surface area contributed by atoms with E-state index in [0.717, 1.165) is 12.1 Å². The maximum Gasteiger partial charge on any atom is 0.204 e. The standard InChI is InChI=1S/C14H20N2O4/c1-17-7-5-16-10-11-8-12(18-2)14(20-6-4-15)13(9-11)19-3/h8-9,16H,5-7,10H2,1-3H3. The Morgan fingerprint density at radius 2 is 1.80 bits per heavy atom. The third kappa shape index (κ3) is 4.61. The first-order valence-electron chi connectivity index (χ1n) is 6.21. The molecule has 0 saturated carbocycles. The minimum absolute atomic E-state index is 0.0574. The largest absolute Gasteiger partial charge is 0.493 e. The minimum Gasteiger partial charge on any atom is -0.493 e. The topological polar surface area (TPSA) is 72.7 Å². The smallest absolute Gasteiger partial charge is 0.204 e. The number of benzene rings is 1. The first-order chi connectivity index (χ1) is 9.76. The number of rotatable bonds is 9. The molecule has 0 saturated heterocycles. The lowest BCUT2D eigenvalue weighted by Gasteiger charge is -2.15. The zero-order chi connectivity index (χ0) is 14.8. The van der Waals surface area contributed by atoms with Gasteiger partial charge in [0.1, 0.15) is 6.07 Å². The lowest BCUT2D eigenvalue weighted by Crippen LogP contribution is -2.18. The summed E-state index contributed by atoms with van der Waals surface area (Å²) in [5.41, 5.74) is 0.999. The Balaban J connectivity index is 2.85. The maximum absolute atomic E-state index is 8.60. The highest BCUT2D eigenvalue weighted by Gasteiger charge is 2.14. The van der Waals surface area contributed by atoms with Gasteiger partial charge in [-0.2, -0.15) is 5.26 Å². The van der Waals surface area contributed by atoms with E-state index in [-0.39, 0.29) is 6.61 Å². The average Bonchev–Trinajstić information content (AvgIpc) is 2.49. The van der Waals surface area contributed by atoms with Gasteiger partial charge in [-0.15, -0.1) is 0 Å². The van der Waals surface area contributed by atoms with Gasteiger partial charge in [-0.05, 0) is 17.7 Å². The predicted octanol–water partition coefficient (Wildman–Crippen LogP) is 1.34. The van der Waals surface area contributed by atoms with Crippen LogP contribution in [0, 0.1) is 11.3 Å². The molecule has 1 rings (SSSR count). The summed E-state index contributed by atoms with van der Waals surface area (Å²) >= 11 is 0. The average molecular weight is 280 g/mol. The van der Waals surface area contributed by atoms with Crippen LogP contribution in [0.15, 0.2) is 12.1 Å². The highest BCUT2D eigenvalue weighted by Crippen LogP contribution is 2.38. The molecule has 0 bridgehead atoms. The zero-order valence-electron chi connectivity index (χ0n) is 12.1. The molecule has 0 aliphatic heterocycles. The number of methoxy groups -OCH3 is 3. The summed E-state index contributed by atoms with van der Waals surface area (Å²) in [6.45, 7) is 2.01. The van der Waals surface area contributed by atoms with Crippen LogP contribution < -0.4 is 19.5 Å². The van der Waals surface area contributed by atoms with E-state index < -0.39 is 0 Å². The fraction of sp³-hybridized carbons (Fsp3) is 0.500. The van der Waals surface area contributed by atoms with Crippen molar-refractivity contribution in [3.63, 3.8) is 0 Å². The van der Waals surface area contributed by atoms with Crippen LogP contribution in [0.2, 0.25) is 0 Å². The summed E-state index contributed by atoms with van der Waals surface area (Å²) in [5, 5.41) is 11.8. The molecule has 0 spiro atoms. The summed E-state index contributed by atoms with van der Waals surface area (Å²) in [7, 11) is 4.77. The quantitative estimate of drug-likeness (QED) is 0.688. The second-order valence-corrected chi connectivity index (χ2v) is 3.95. The van der Waals surface area contributed by atoms with Gasteiger partial charge in [-0.3, -0.25) is 0 Å². The van der Waals surface area contributed by atoms with E-state index in [1.807, 2.05) is 18.2 Å². The number of nitrogens with one attached hydrogen (secondary N) is 1. The lowest BCUT2D eigenvalue weighted by atomic mass is 10.1. The van der Waals surface area contributed by atoms with Gasteiger partial charge in [0.2, 0.25) is 5.75 Å². The van der Waals surface area contributed by atoms with Crippen LogP contribution in [-0.2, 0) is 11.3 Å². The Morgan fingerprint density at radius 1 is 1.15 bits per heavy atom. The van der Waals surface area contributed by atoms with Crippen molar-refractivity contribution in [1.82, 2.24) is 5.32 Å². The van der Waals surface area contributed by atoms with Crippen LogP contribution in [0.1, 0.15) is 5.56 Å². The van der Waals surface area contributed by atoms with Gasteiger partial charge in [0, 0.05) is 20.2 Å². The van der Waals surface area contributed by atoms with E-state index in [4.69, 9.17) is 24.2 Å². The monoisotopic (exact) mass is 280 g/mol. The Morgan fingerprint density at radius 3 is 2.30 bits per heavy atom. The number of ether oxygens (including phenoxy) is 4. The minimum atomic E-state index is -0.0574. The Bertz CT molecular complexity index is 432. The van der Waals surface area contributed by atoms with E-state index in [9.17, 15) is 0 Å². The molecule has 0 aliphatic carbocycles. The lowest BCUT2D eigenvalue weighted by molar-refractivity contribution is 0.199. The van der Waals surface area contributed by atoms with Crippen LogP contribution in [-0.4, -0.2) is 41.1 Å². The van der Waals surface area contributed by atoms with Gasteiger partial charge in [-0.1, -0.05) is 0 Å². The van der Waals surface area contributed by atoms with Crippen molar-refractivity contribution in [2.24, 2.45) is 0 Å². The maximum atomic E-state index is 8.60. The van der Waals surface area contributed by atoms with Crippen molar-refractivity contribution in [3.8, 4) is 23.3 Å². The van der Waals surface area contributed by atoms with E-state index >= 15 is 0 Å². The summed E-state index contributed by atoms with van der Waals surface area (Å²) in [5.74, 6) is 1.53. The van der Waals surface area contributed by atoms with Gasteiger partial charge in [0.15, 0.2) is 18.1 Å². The number of hydrogen-bond donors (Lipinski definition) is 1. The molecule has 1 N–H and O–H groups in total. The summed E-state index contributed by atoms with van der Waals surface area (Å²) in [6, 6.07) is 5.63. The molecule has 0 heterocycles. The zero-order valence-corrected chi connectivity index (χ0v) is 12.1. The summed E-state index contributed by atoms with van der Waals surface area (Å²) < 4.78 is 20.9. The molecule has 0 amide bonds. The molecule has 20 heavy (non-hydrogen) atoms. The molecule has 0 aliphatic rings. The van der Waals surface area contributed by atoms with E-state index in [1.54, 1.807) is 21.3 Å². The molecule has 0 aromatic heterocycles. The van der Waals surface area contributed by atoms with Crippen molar-refractivity contribution >= 4 is 0 Å². The normalized spacial score (nSPS) is 9.90.